The Hall–Kier alpha value is -1.85. The van der Waals surface area contributed by atoms with Crippen molar-refractivity contribution in [3.8, 4) is 0 Å². The number of pyridine rings is 1. The fraction of sp³-hybridized carbons (Fsp3) is 0.267. The lowest BCUT2D eigenvalue weighted by molar-refractivity contribution is 0.131. The minimum absolute atomic E-state index is 0.0452. The predicted molar refractivity (Wildman–Crippen MR) is 71.9 cm³/mol. The molecule has 0 saturated heterocycles. The van der Waals surface area contributed by atoms with E-state index >= 15 is 0 Å². The van der Waals surface area contributed by atoms with Crippen LogP contribution in [-0.4, -0.2) is 16.1 Å². The monoisotopic (exact) mass is 278 g/mol. The van der Waals surface area contributed by atoms with E-state index in [1.807, 2.05) is 12.1 Å². The van der Waals surface area contributed by atoms with Crippen LogP contribution in [0.2, 0.25) is 0 Å². The molecule has 5 heteroatoms. The molecule has 0 fully saturated rings. The molecular weight excluding hydrogens is 262 g/mol. The topological polar surface area (TPSA) is 45.2 Å². The van der Waals surface area contributed by atoms with Crippen LogP contribution in [0.15, 0.2) is 42.7 Å². The van der Waals surface area contributed by atoms with Crippen molar-refractivity contribution in [2.24, 2.45) is 0 Å². The number of benzene rings is 1. The van der Waals surface area contributed by atoms with Crippen LogP contribution < -0.4 is 5.32 Å². The zero-order chi connectivity index (χ0) is 14.5. The summed E-state index contributed by atoms with van der Waals surface area (Å²) in [6.07, 6.45) is 2.25. The summed E-state index contributed by atoms with van der Waals surface area (Å²) in [6, 6.07) is 6.33. The molecule has 0 radical (unpaired) electrons. The Morgan fingerprint density at radius 3 is 2.80 bits per heavy atom. The molecule has 20 heavy (non-hydrogen) atoms. The van der Waals surface area contributed by atoms with Crippen LogP contribution in [0, 0.1) is 11.6 Å². The standard InChI is InChI=1S/C15H16F2N2O/c1-10(19-9-11-3-2-6-18-8-11)15(20)13-7-12(16)4-5-14(13)17/h2-8,10,15,19-20H,9H2,1H3. The average Bonchev–Trinajstić information content (AvgIpc) is 2.47. The molecule has 0 saturated carbocycles. The average molecular weight is 278 g/mol. The second kappa shape index (κ2) is 6.54. The van der Waals surface area contributed by atoms with Gasteiger partial charge in [-0.3, -0.25) is 4.98 Å². The van der Waals surface area contributed by atoms with Gasteiger partial charge in [0.2, 0.25) is 0 Å². The Kier molecular flexibility index (Phi) is 4.76. The van der Waals surface area contributed by atoms with Gasteiger partial charge in [0.15, 0.2) is 0 Å². The molecule has 2 N–H and O–H groups in total. The summed E-state index contributed by atoms with van der Waals surface area (Å²) in [5, 5.41) is 13.2. The quantitative estimate of drug-likeness (QED) is 0.883. The lowest BCUT2D eigenvalue weighted by atomic mass is 10.0. The number of aliphatic hydroxyl groups excluding tert-OH is 1. The van der Waals surface area contributed by atoms with Gasteiger partial charge in [-0.05, 0) is 36.8 Å². The van der Waals surface area contributed by atoms with Crippen molar-refractivity contribution in [2.45, 2.75) is 25.6 Å². The van der Waals surface area contributed by atoms with E-state index in [1.165, 1.54) is 0 Å². The van der Waals surface area contributed by atoms with Gasteiger partial charge in [0.1, 0.15) is 11.6 Å². The van der Waals surface area contributed by atoms with Crippen LogP contribution in [0.4, 0.5) is 8.78 Å². The molecule has 2 rings (SSSR count). The molecule has 2 atom stereocenters. The molecule has 2 aromatic rings. The van der Waals surface area contributed by atoms with E-state index in [0.717, 1.165) is 23.8 Å². The van der Waals surface area contributed by atoms with Gasteiger partial charge in [-0.2, -0.15) is 0 Å². The molecule has 0 aliphatic heterocycles. The second-order valence-electron chi connectivity index (χ2n) is 4.64. The number of nitrogens with zero attached hydrogens (tertiary/aromatic N) is 1. The summed E-state index contributed by atoms with van der Waals surface area (Å²) in [5.41, 5.74) is 0.905. The van der Waals surface area contributed by atoms with Crippen molar-refractivity contribution in [1.82, 2.24) is 10.3 Å². The van der Waals surface area contributed by atoms with Crippen molar-refractivity contribution in [3.63, 3.8) is 0 Å². The van der Waals surface area contributed by atoms with Crippen LogP contribution in [0.5, 0.6) is 0 Å². The van der Waals surface area contributed by atoms with Crippen molar-refractivity contribution < 1.29 is 13.9 Å². The highest BCUT2D eigenvalue weighted by atomic mass is 19.1. The molecule has 3 nitrogen and oxygen atoms in total. The molecule has 0 spiro atoms. The number of rotatable bonds is 5. The Bertz CT molecular complexity index is 563. The molecule has 106 valence electrons. The van der Waals surface area contributed by atoms with E-state index in [-0.39, 0.29) is 5.56 Å². The Morgan fingerprint density at radius 1 is 1.30 bits per heavy atom. The zero-order valence-corrected chi connectivity index (χ0v) is 11.1. The molecule has 1 aromatic heterocycles. The van der Waals surface area contributed by atoms with Gasteiger partial charge in [0.05, 0.1) is 6.10 Å². The predicted octanol–water partition coefficient (Wildman–Crippen LogP) is 2.57. The summed E-state index contributed by atoms with van der Waals surface area (Å²) in [4.78, 5) is 3.98. The lowest BCUT2D eigenvalue weighted by Gasteiger charge is -2.21. The first kappa shape index (κ1) is 14.6. The molecule has 1 heterocycles. The van der Waals surface area contributed by atoms with Gasteiger partial charge in [0.25, 0.3) is 0 Å². The third-order valence-electron chi connectivity index (χ3n) is 3.10. The Balaban J connectivity index is 2.01. The van der Waals surface area contributed by atoms with E-state index in [2.05, 4.69) is 10.3 Å². The van der Waals surface area contributed by atoms with Crippen LogP contribution in [-0.2, 0) is 6.54 Å². The summed E-state index contributed by atoms with van der Waals surface area (Å²) in [7, 11) is 0. The number of aromatic nitrogens is 1. The summed E-state index contributed by atoms with van der Waals surface area (Å²) in [6.45, 7) is 2.20. The number of aliphatic hydroxyl groups is 1. The highest BCUT2D eigenvalue weighted by Crippen LogP contribution is 2.21. The Labute approximate surface area is 116 Å². The van der Waals surface area contributed by atoms with Crippen molar-refractivity contribution in [1.29, 1.82) is 0 Å². The third kappa shape index (κ3) is 3.59. The fourth-order valence-electron chi connectivity index (χ4n) is 1.90. The van der Waals surface area contributed by atoms with Crippen LogP contribution >= 0.6 is 0 Å². The number of halogens is 2. The van der Waals surface area contributed by atoms with E-state index in [1.54, 1.807) is 19.3 Å². The van der Waals surface area contributed by atoms with E-state index in [9.17, 15) is 13.9 Å². The normalized spacial score (nSPS) is 14.0. The summed E-state index contributed by atoms with van der Waals surface area (Å²) in [5.74, 6) is -1.19. The van der Waals surface area contributed by atoms with Gasteiger partial charge in [0, 0.05) is 30.5 Å². The van der Waals surface area contributed by atoms with Crippen LogP contribution in [0.3, 0.4) is 0 Å². The SMILES string of the molecule is CC(NCc1cccnc1)C(O)c1cc(F)ccc1F. The molecule has 0 aliphatic rings. The van der Waals surface area contributed by atoms with E-state index < -0.39 is 23.8 Å². The van der Waals surface area contributed by atoms with Crippen molar-refractivity contribution in [3.05, 3.63) is 65.5 Å². The van der Waals surface area contributed by atoms with Gasteiger partial charge in [-0.25, -0.2) is 8.78 Å². The van der Waals surface area contributed by atoms with E-state index in [0.29, 0.717) is 6.54 Å². The van der Waals surface area contributed by atoms with Crippen molar-refractivity contribution >= 4 is 0 Å². The maximum atomic E-state index is 13.6. The van der Waals surface area contributed by atoms with Crippen molar-refractivity contribution in [2.75, 3.05) is 0 Å². The molecule has 1 aromatic carbocycles. The molecular formula is C15H16F2N2O. The second-order valence-corrected chi connectivity index (χ2v) is 4.64. The lowest BCUT2D eigenvalue weighted by Crippen LogP contribution is -2.32. The smallest absolute Gasteiger partial charge is 0.129 e. The van der Waals surface area contributed by atoms with Gasteiger partial charge in [-0.1, -0.05) is 6.07 Å². The minimum Gasteiger partial charge on any atom is -0.387 e. The Morgan fingerprint density at radius 2 is 2.10 bits per heavy atom. The van der Waals surface area contributed by atoms with Gasteiger partial charge >= 0.3 is 0 Å². The highest BCUT2D eigenvalue weighted by molar-refractivity contribution is 5.22. The fourth-order valence-corrected chi connectivity index (χ4v) is 1.90. The molecule has 0 bridgehead atoms. The minimum atomic E-state index is -1.12. The van der Waals surface area contributed by atoms with Gasteiger partial charge < -0.3 is 10.4 Å². The number of nitrogens with one attached hydrogen (secondary N) is 1. The third-order valence-corrected chi connectivity index (χ3v) is 3.10. The molecule has 0 aliphatic carbocycles. The number of hydrogen-bond acceptors (Lipinski definition) is 3. The van der Waals surface area contributed by atoms with Gasteiger partial charge in [-0.15, -0.1) is 0 Å². The molecule has 2 unspecified atom stereocenters. The zero-order valence-electron chi connectivity index (χ0n) is 11.1. The summed E-state index contributed by atoms with van der Waals surface area (Å²) >= 11 is 0. The summed E-state index contributed by atoms with van der Waals surface area (Å²) < 4.78 is 26.7. The first-order valence-corrected chi connectivity index (χ1v) is 6.33. The maximum absolute atomic E-state index is 13.6. The van der Waals surface area contributed by atoms with Crippen LogP contribution in [0.1, 0.15) is 24.2 Å². The van der Waals surface area contributed by atoms with E-state index in [4.69, 9.17) is 0 Å². The first-order chi connectivity index (χ1) is 9.58. The van der Waals surface area contributed by atoms with Crippen LogP contribution in [0.25, 0.3) is 0 Å². The molecule has 0 amide bonds. The highest BCUT2D eigenvalue weighted by Gasteiger charge is 2.20. The number of hydrogen-bond donors (Lipinski definition) is 2. The first-order valence-electron chi connectivity index (χ1n) is 6.33. The largest absolute Gasteiger partial charge is 0.387 e. The maximum Gasteiger partial charge on any atom is 0.129 e.